The molecule has 1 aliphatic heterocycles. The molecule has 1 amide bonds. The maximum atomic E-state index is 12.6. The Morgan fingerprint density at radius 3 is 2.68 bits per heavy atom. The first-order valence-corrected chi connectivity index (χ1v) is 8.26. The van der Waals surface area contributed by atoms with E-state index in [0.29, 0.717) is 40.8 Å². The standard InChI is InChI=1S/C17H19ClN4O3/c1-21(2)17-19-13-9-22(8-7-12(13)15(24)20-17)16(25)14(23)10-3-5-11(18)6-4-10/h3-6,14,23H,7-9H2,1-2H3,(H,19,20,24). The first-order valence-electron chi connectivity index (χ1n) is 7.88. The second-order valence-corrected chi connectivity index (χ2v) is 6.61. The number of hydrogen-bond donors (Lipinski definition) is 2. The van der Waals surface area contributed by atoms with Crippen molar-refractivity contribution in [2.45, 2.75) is 19.1 Å². The Kier molecular flexibility index (Phi) is 4.78. The van der Waals surface area contributed by atoms with Gasteiger partial charge in [0.15, 0.2) is 6.10 Å². The Hall–Kier alpha value is -2.38. The lowest BCUT2D eigenvalue weighted by Gasteiger charge is -2.30. The van der Waals surface area contributed by atoms with Crippen molar-refractivity contribution in [3.63, 3.8) is 0 Å². The normalized spacial score (nSPS) is 14.8. The van der Waals surface area contributed by atoms with Gasteiger partial charge in [0.25, 0.3) is 11.5 Å². The number of amides is 1. The molecule has 1 aliphatic rings. The molecule has 1 aromatic heterocycles. The Labute approximate surface area is 149 Å². The zero-order valence-electron chi connectivity index (χ0n) is 14.0. The van der Waals surface area contributed by atoms with Crippen LogP contribution in [0.1, 0.15) is 22.9 Å². The molecule has 7 nitrogen and oxygen atoms in total. The van der Waals surface area contributed by atoms with E-state index in [2.05, 4.69) is 9.97 Å². The summed E-state index contributed by atoms with van der Waals surface area (Å²) in [6.07, 6.45) is -0.862. The summed E-state index contributed by atoms with van der Waals surface area (Å²) < 4.78 is 0. The highest BCUT2D eigenvalue weighted by molar-refractivity contribution is 6.30. The van der Waals surface area contributed by atoms with E-state index in [1.165, 1.54) is 4.90 Å². The number of benzene rings is 1. The van der Waals surface area contributed by atoms with Gasteiger partial charge in [-0.2, -0.15) is 0 Å². The summed E-state index contributed by atoms with van der Waals surface area (Å²) in [7, 11) is 3.56. The highest BCUT2D eigenvalue weighted by atomic mass is 35.5. The van der Waals surface area contributed by atoms with Crippen LogP contribution in [0.2, 0.25) is 5.02 Å². The molecule has 3 rings (SSSR count). The van der Waals surface area contributed by atoms with Gasteiger partial charge >= 0.3 is 0 Å². The van der Waals surface area contributed by atoms with Crippen molar-refractivity contribution < 1.29 is 9.90 Å². The van der Waals surface area contributed by atoms with Crippen molar-refractivity contribution in [3.05, 3.63) is 56.5 Å². The summed E-state index contributed by atoms with van der Waals surface area (Å²) in [5.74, 6) is 0.0257. The molecule has 1 aromatic carbocycles. The number of nitrogens with zero attached hydrogens (tertiary/aromatic N) is 3. The zero-order chi connectivity index (χ0) is 18.1. The van der Waals surface area contributed by atoms with Gasteiger partial charge in [0.2, 0.25) is 5.95 Å². The van der Waals surface area contributed by atoms with Crippen molar-refractivity contribution >= 4 is 23.5 Å². The average Bonchev–Trinajstić information content (AvgIpc) is 2.60. The molecule has 2 heterocycles. The van der Waals surface area contributed by atoms with Crippen LogP contribution in [-0.2, 0) is 17.8 Å². The summed E-state index contributed by atoms with van der Waals surface area (Å²) in [4.78, 5) is 35.2. The number of hydrogen-bond acceptors (Lipinski definition) is 5. The minimum absolute atomic E-state index is 0.181. The third-order valence-corrected chi connectivity index (χ3v) is 4.47. The van der Waals surface area contributed by atoms with Crippen LogP contribution >= 0.6 is 11.6 Å². The van der Waals surface area contributed by atoms with E-state index in [-0.39, 0.29) is 12.1 Å². The monoisotopic (exact) mass is 362 g/mol. The summed E-state index contributed by atoms with van der Waals surface area (Å²) in [5, 5.41) is 10.9. The van der Waals surface area contributed by atoms with E-state index in [1.807, 2.05) is 0 Å². The smallest absolute Gasteiger partial charge is 0.256 e. The van der Waals surface area contributed by atoms with E-state index < -0.39 is 12.0 Å². The van der Waals surface area contributed by atoms with Crippen LogP contribution in [0.25, 0.3) is 0 Å². The molecule has 1 unspecified atom stereocenters. The number of anilines is 1. The minimum Gasteiger partial charge on any atom is -0.378 e. The molecule has 132 valence electrons. The fourth-order valence-electron chi connectivity index (χ4n) is 2.79. The predicted molar refractivity (Wildman–Crippen MR) is 94.7 cm³/mol. The Balaban J connectivity index is 1.83. The highest BCUT2D eigenvalue weighted by Gasteiger charge is 2.29. The van der Waals surface area contributed by atoms with Gasteiger partial charge in [-0.15, -0.1) is 0 Å². The number of H-pyrrole nitrogens is 1. The Morgan fingerprint density at radius 1 is 1.36 bits per heavy atom. The minimum atomic E-state index is -1.27. The number of carbonyl (C=O) groups is 1. The number of aromatic amines is 1. The van der Waals surface area contributed by atoms with Gasteiger partial charge in [-0.05, 0) is 24.1 Å². The number of halogens is 1. The van der Waals surface area contributed by atoms with Gasteiger partial charge in [-0.25, -0.2) is 4.98 Å². The second-order valence-electron chi connectivity index (χ2n) is 6.17. The average molecular weight is 363 g/mol. The van der Waals surface area contributed by atoms with Crippen molar-refractivity contribution in [1.82, 2.24) is 14.9 Å². The molecule has 25 heavy (non-hydrogen) atoms. The number of nitrogens with one attached hydrogen (secondary N) is 1. The summed E-state index contributed by atoms with van der Waals surface area (Å²) in [6.45, 7) is 0.562. The molecule has 0 radical (unpaired) electrons. The van der Waals surface area contributed by atoms with Crippen LogP contribution in [0.3, 0.4) is 0 Å². The number of carbonyl (C=O) groups excluding carboxylic acids is 1. The third kappa shape index (κ3) is 3.52. The van der Waals surface area contributed by atoms with Gasteiger partial charge in [-0.3, -0.25) is 14.6 Å². The van der Waals surface area contributed by atoms with E-state index in [1.54, 1.807) is 43.3 Å². The van der Waals surface area contributed by atoms with Crippen molar-refractivity contribution in [2.75, 3.05) is 25.5 Å². The Morgan fingerprint density at radius 2 is 2.04 bits per heavy atom. The van der Waals surface area contributed by atoms with Gasteiger partial charge < -0.3 is 14.9 Å². The van der Waals surface area contributed by atoms with Crippen LogP contribution < -0.4 is 10.5 Å². The molecule has 0 saturated carbocycles. The summed E-state index contributed by atoms with van der Waals surface area (Å²) in [6, 6.07) is 6.50. The van der Waals surface area contributed by atoms with Crippen LogP contribution in [0.15, 0.2) is 29.1 Å². The quantitative estimate of drug-likeness (QED) is 0.853. The molecular formula is C17H19ClN4O3. The zero-order valence-corrected chi connectivity index (χ0v) is 14.7. The molecule has 1 atom stereocenters. The lowest BCUT2D eigenvalue weighted by molar-refractivity contribution is -0.141. The van der Waals surface area contributed by atoms with Gasteiger partial charge in [0, 0.05) is 31.2 Å². The van der Waals surface area contributed by atoms with Crippen LogP contribution in [0.5, 0.6) is 0 Å². The van der Waals surface area contributed by atoms with E-state index in [0.717, 1.165) is 0 Å². The first-order chi connectivity index (χ1) is 11.9. The number of rotatable bonds is 3. The molecule has 2 aromatic rings. The van der Waals surface area contributed by atoms with Gasteiger partial charge in [0.05, 0.1) is 12.2 Å². The van der Waals surface area contributed by atoms with Crippen molar-refractivity contribution in [1.29, 1.82) is 0 Å². The number of aliphatic hydroxyl groups excluding tert-OH is 1. The highest BCUT2D eigenvalue weighted by Crippen LogP contribution is 2.22. The largest absolute Gasteiger partial charge is 0.378 e. The molecule has 0 bridgehead atoms. The molecular weight excluding hydrogens is 344 g/mol. The van der Waals surface area contributed by atoms with Crippen molar-refractivity contribution in [3.8, 4) is 0 Å². The van der Waals surface area contributed by atoms with Gasteiger partial charge in [0.1, 0.15) is 0 Å². The fourth-order valence-corrected chi connectivity index (χ4v) is 2.91. The SMILES string of the molecule is CN(C)c1nc2c(c(=O)[nH]1)CCN(C(=O)C(O)c1ccc(Cl)cc1)C2. The van der Waals surface area contributed by atoms with Crippen LogP contribution in [0.4, 0.5) is 5.95 Å². The van der Waals surface area contributed by atoms with Gasteiger partial charge in [-0.1, -0.05) is 23.7 Å². The van der Waals surface area contributed by atoms with Crippen LogP contribution in [0, 0.1) is 0 Å². The number of aromatic nitrogens is 2. The lowest BCUT2D eigenvalue weighted by atomic mass is 10.0. The molecule has 2 N–H and O–H groups in total. The Bertz CT molecular complexity index is 848. The maximum Gasteiger partial charge on any atom is 0.256 e. The molecule has 0 aliphatic carbocycles. The van der Waals surface area contributed by atoms with E-state index >= 15 is 0 Å². The fraction of sp³-hybridized carbons (Fsp3) is 0.353. The first kappa shape index (κ1) is 17.4. The third-order valence-electron chi connectivity index (χ3n) is 4.22. The molecule has 0 saturated heterocycles. The molecule has 0 fully saturated rings. The summed E-state index contributed by atoms with van der Waals surface area (Å²) in [5.41, 5.74) is 1.46. The topological polar surface area (TPSA) is 89.5 Å². The molecule has 8 heteroatoms. The second kappa shape index (κ2) is 6.85. The maximum absolute atomic E-state index is 12.6. The predicted octanol–water partition coefficient (Wildman–Crippen LogP) is 1.11. The number of fused-ring (bicyclic) bond motifs is 1. The van der Waals surface area contributed by atoms with Crippen LogP contribution in [-0.4, -0.2) is 46.5 Å². The van der Waals surface area contributed by atoms with E-state index in [9.17, 15) is 14.7 Å². The summed E-state index contributed by atoms with van der Waals surface area (Å²) >= 11 is 5.83. The van der Waals surface area contributed by atoms with Crippen molar-refractivity contribution in [2.24, 2.45) is 0 Å². The number of aliphatic hydroxyl groups is 1. The molecule has 0 spiro atoms. The van der Waals surface area contributed by atoms with E-state index in [4.69, 9.17) is 11.6 Å². The lowest BCUT2D eigenvalue weighted by Crippen LogP contribution is -2.41.